The summed E-state index contributed by atoms with van der Waals surface area (Å²) in [6, 6.07) is 0. The van der Waals surface area contributed by atoms with Crippen molar-refractivity contribution in [3.05, 3.63) is 0 Å². The fourth-order valence-electron chi connectivity index (χ4n) is 0. The fourth-order valence-corrected chi connectivity index (χ4v) is 0. The van der Waals surface area contributed by atoms with Gasteiger partial charge in [-0.1, -0.05) is 0 Å². The molecule has 0 aliphatic heterocycles. The van der Waals surface area contributed by atoms with Gasteiger partial charge in [-0.2, -0.15) is 0 Å². The Hall–Kier alpha value is 1.38. The maximum absolute atomic E-state index is 8.38. The monoisotopic (exact) mass is 120 g/mol. The molecule has 0 aromatic heterocycles. The number of hydrogen-bond acceptors (Lipinski definition) is 2. The van der Waals surface area contributed by atoms with Gasteiger partial charge in [0.15, 0.2) is 0 Å². The van der Waals surface area contributed by atoms with Gasteiger partial charge in [0.25, 0.3) is 0 Å². The summed E-state index contributed by atoms with van der Waals surface area (Å²) < 4.78 is 8.38. The van der Waals surface area contributed by atoms with Gasteiger partial charge in [0, 0.05) is 0 Å². The summed E-state index contributed by atoms with van der Waals surface area (Å²) in [7, 11) is 0. The first-order chi connectivity index (χ1) is 1.00. The molecule has 1 N–H and O–H groups in total. The molecule has 0 aromatic carbocycles. The first kappa shape index (κ1) is 18.2. The molecule has 2 nitrogen and oxygen atoms in total. The van der Waals surface area contributed by atoms with E-state index in [0.29, 0.717) is 0 Å². The molecule has 0 atom stereocenters. The van der Waals surface area contributed by atoms with E-state index in [1.165, 1.54) is 0 Å². The normalized spacial score (nSPS) is 1.50. The van der Waals surface area contributed by atoms with Crippen LogP contribution in [0.25, 0.3) is 0 Å². The fraction of sp³-hybridized carbons (Fsp3) is 0. The van der Waals surface area contributed by atoms with Crippen LogP contribution in [0.5, 0.6) is 0 Å². The van der Waals surface area contributed by atoms with Crippen LogP contribution >= 0.6 is 0 Å². The Labute approximate surface area is 56.5 Å². The van der Waals surface area contributed by atoms with E-state index in [4.69, 9.17) is 3.57 Å². The Bertz CT molecular complexity index is 6.00. The summed E-state index contributed by atoms with van der Waals surface area (Å²) >= 11 is 0.125. The summed E-state index contributed by atoms with van der Waals surface area (Å²) in [6.07, 6.45) is 0. The molecule has 0 unspecified atom stereocenters. The quantitative estimate of drug-likeness (QED) is 0.315. The molecule has 0 saturated carbocycles. The van der Waals surface area contributed by atoms with E-state index in [0.717, 1.165) is 0 Å². The van der Waals surface area contributed by atoms with Crippen molar-refractivity contribution in [3.63, 3.8) is 0 Å². The molecule has 0 aliphatic rings. The molecule has 0 aliphatic carbocycles. The molecule has 0 spiro atoms. The third kappa shape index (κ3) is 10.0. The van der Waals surface area contributed by atoms with Crippen LogP contribution in [0.15, 0.2) is 0 Å². The van der Waals surface area contributed by atoms with Gasteiger partial charge in [-0.25, -0.2) is 0 Å². The number of rotatable bonds is 0. The minimum absolute atomic E-state index is 0. The van der Waals surface area contributed by atoms with E-state index < -0.39 is 0 Å². The van der Waals surface area contributed by atoms with Gasteiger partial charge >= 0.3 is 51.4 Å². The molecule has 4 heteroatoms. The van der Waals surface area contributed by atoms with Crippen molar-refractivity contribution in [2.75, 3.05) is 0 Å². The van der Waals surface area contributed by atoms with Crippen LogP contribution in [0.2, 0.25) is 0 Å². The van der Waals surface area contributed by atoms with Crippen molar-refractivity contribution in [2.45, 2.75) is 0 Å². The summed E-state index contributed by atoms with van der Waals surface area (Å²) in [4.78, 5) is 0. The summed E-state index contributed by atoms with van der Waals surface area (Å²) in [5.74, 6) is 0. The van der Waals surface area contributed by atoms with Crippen LogP contribution in [-0.4, -0.2) is 5.48 Å². The van der Waals surface area contributed by atoms with Crippen LogP contribution in [0, 0.1) is 0 Å². The molecule has 0 radical (unpaired) electrons. The second-order valence-corrected chi connectivity index (χ2v) is 0. The van der Waals surface area contributed by atoms with Crippen molar-refractivity contribution >= 4 is 0 Å². The molecular weight excluding hydrogens is 120 g/mol. The zero-order chi connectivity index (χ0) is 2.00. The third-order valence-corrected chi connectivity index (χ3v) is 0. The van der Waals surface area contributed by atoms with E-state index >= 15 is 0 Å². The summed E-state index contributed by atoms with van der Waals surface area (Å²) in [5.41, 5.74) is 0. The van der Waals surface area contributed by atoms with E-state index in [9.17, 15) is 0 Å². The molecule has 4 heavy (non-hydrogen) atoms. The average Bonchev–Trinajstić information content (AvgIpc) is 1.00. The first-order valence-electron chi connectivity index (χ1n) is 0.289. The van der Waals surface area contributed by atoms with Crippen molar-refractivity contribution in [1.82, 2.24) is 0 Å². The van der Waals surface area contributed by atoms with Gasteiger partial charge in [0.2, 0.25) is 0 Å². The van der Waals surface area contributed by atoms with Gasteiger partial charge in [0.1, 0.15) is 0 Å². The van der Waals surface area contributed by atoms with Gasteiger partial charge in [-0.15, -0.1) is 0 Å². The van der Waals surface area contributed by atoms with Gasteiger partial charge in [-0.05, 0) is 0 Å². The van der Waals surface area contributed by atoms with Gasteiger partial charge in [-0.3, -0.25) is 0 Å². The Kier molecular flexibility index (Phi) is 119. The topological polar surface area (TPSA) is 47.1 Å². The molecule has 0 amide bonds. The maximum atomic E-state index is 8.38. The van der Waals surface area contributed by atoms with Crippen molar-refractivity contribution < 1.29 is 56.9 Å². The summed E-state index contributed by atoms with van der Waals surface area (Å²) in [5, 5.41) is 0. The number of hydrogen-bond donors (Lipinski definition) is 0. The van der Waals surface area contributed by atoms with Gasteiger partial charge in [0.05, 0.1) is 0 Å². The molecule has 16 valence electrons. The molecule has 0 aromatic rings. The molecule has 0 saturated heterocycles. The van der Waals surface area contributed by atoms with Gasteiger partial charge < -0.3 is 5.48 Å². The van der Waals surface area contributed by atoms with Crippen molar-refractivity contribution in [1.29, 1.82) is 0 Å². The molecule has 0 rings (SSSR count). The molecule has 0 bridgehead atoms. The molecular formula is HNaO2Zn. The summed E-state index contributed by atoms with van der Waals surface area (Å²) in [6.45, 7) is 0. The van der Waals surface area contributed by atoms with E-state index in [1.807, 2.05) is 0 Å². The molecule has 0 fully saturated rings. The van der Waals surface area contributed by atoms with Crippen LogP contribution < -0.4 is 29.6 Å². The predicted molar refractivity (Wildman–Crippen MR) is 2.62 cm³/mol. The average molecular weight is 121 g/mol. The zero-order valence-corrected chi connectivity index (χ0v) is 7.53. The zero-order valence-electron chi connectivity index (χ0n) is 2.56. The van der Waals surface area contributed by atoms with Crippen molar-refractivity contribution in [3.8, 4) is 0 Å². The van der Waals surface area contributed by atoms with E-state index in [1.54, 1.807) is 0 Å². The van der Waals surface area contributed by atoms with Crippen LogP contribution in [0.1, 0.15) is 0 Å². The molecule has 0 heterocycles. The minimum atomic E-state index is 0. The second-order valence-electron chi connectivity index (χ2n) is 0. The Morgan fingerprint density at radius 2 is 1.25 bits per heavy atom. The Morgan fingerprint density at radius 1 is 1.25 bits per heavy atom. The van der Waals surface area contributed by atoms with Crippen LogP contribution in [0.4, 0.5) is 0 Å². The van der Waals surface area contributed by atoms with Crippen LogP contribution in [0.3, 0.4) is 0 Å². The Balaban J connectivity index is -0.00000000500. The SMILES string of the molecule is [Na+].[OH-].[O]=[Zn]. The van der Waals surface area contributed by atoms with E-state index in [-0.39, 0.29) is 53.3 Å². The first-order valence-corrected chi connectivity index (χ1v) is 1.50. The second kappa shape index (κ2) is 26.2. The predicted octanol–water partition coefficient (Wildman–Crippen LogP) is -3.29. The third-order valence-electron chi connectivity index (χ3n) is 0. The Morgan fingerprint density at radius 3 is 1.25 bits per heavy atom. The van der Waals surface area contributed by atoms with Crippen LogP contribution in [-0.2, 0) is 21.8 Å². The van der Waals surface area contributed by atoms with Crippen molar-refractivity contribution in [2.24, 2.45) is 0 Å². The standard InChI is InChI=1S/Na.H2O.O.Zn/h;1H2;;/q+1;;;/p-1. The van der Waals surface area contributed by atoms with E-state index in [2.05, 4.69) is 0 Å².